The van der Waals surface area contributed by atoms with Crippen molar-refractivity contribution in [1.82, 2.24) is 0 Å². The van der Waals surface area contributed by atoms with Gasteiger partial charge >= 0.3 is 0 Å². The Hall–Kier alpha value is -1.22. The highest BCUT2D eigenvalue weighted by molar-refractivity contribution is 8.14. The SMILES string of the molecule is CC1=N/C(=C\c2ccc(Cl)cc2Cl)c2ccccc2S1. The molecule has 0 unspecified atom stereocenters. The van der Waals surface area contributed by atoms with Crippen LogP contribution < -0.4 is 0 Å². The van der Waals surface area contributed by atoms with Crippen molar-refractivity contribution in [2.24, 2.45) is 4.99 Å². The molecule has 0 fully saturated rings. The molecule has 100 valence electrons. The summed E-state index contributed by atoms with van der Waals surface area (Å²) in [6, 6.07) is 13.7. The lowest BCUT2D eigenvalue weighted by molar-refractivity contribution is 1.36. The van der Waals surface area contributed by atoms with E-state index in [0.717, 1.165) is 21.9 Å². The van der Waals surface area contributed by atoms with Gasteiger partial charge in [-0.3, -0.25) is 0 Å². The Morgan fingerprint density at radius 1 is 1.10 bits per heavy atom. The Balaban J connectivity index is 2.12. The Labute approximate surface area is 132 Å². The second-order valence-corrected chi connectivity index (χ2v) is 6.50. The minimum Gasteiger partial charge on any atom is -0.246 e. The van der Waals surface area contributed by atoms with E-state index in [-0.39, 0.29) is 0 Å². The molecule has 0 aliphatic carbocycles. The number of benzene rings is 2. The Morgan fingerprint density at radius 3 is 2.70 bits per heavy atom. The van der Waals surface area contributed by atoms with Crippen LogP contribution >= 0.6 is 35.0 Å². The number of nitrogens with zero attached hydrogens (tertiary/aromatic N) is 1. The second kappa shape index (κ2) is 5.65. The van der Waals surface area contributed by atoms with Crippen LogP contribution in [0.4, 0.5) is 0 Å². The first kappa shape index (κ1) is 13.7. The maximum atomic E-state index is 6.23. The molecule has 0 saturated carbocycles. The third kappa shape index (κ3) is 2.78. The van der Waals surface area contributed by atoms with Crippen molar-refractivity contribution in [2.45, 2.75) is 11.8 Å². The first-order valence-corrected chi connectivity index (χ1v) is 7.70. The van der Waals surface area contributed by atoms with E-state index in [1.807, 2.05) is 37.3 Å². The van der Waals surface area contributed by atoms with Crippen LogP contribution in [0.3, 0.4) is 0 Å². The lowest BCUT2D eigenvalue weighted by Crippen LogP contribution is -1.97. The van der Waals surface area contributed by atoms with E-state index in [9.17, 15) is 0 Å². The highest BCUT2D eigenvalue weighted by Gasteiger charge is 2.14. The molecule has 1 heterocycles. The number of thioether (sulfide) groups is 1. The molecule has 0 N–H and O–H groups in total. The minimum absolute atomic E-state index is 0.633. The summed E-state index contributed by atoms with van der Waals surface area (Å²) in [5.74, 6) is 0. The molecule has 2 aromatic rings. The van der Waals surface area contributed by atoms with Crippen LogP contribution in [0.5, 0.6) is 0 Å². The van der Waals surface area contributed by atoms with Gasteiger partial charge in [-0.2, -0.15) is 0 Å². The highest BCUT2D eigenvalue weighted by Crippen LogP contribution is 2.37. The van der Waals surface area contributed by atoms with Crippen LogP contribution in [0.25, 0.3) is 11.8 Å². The van der Waals surface area contributed by atoms with E-state index in [1.165, 1.54) is 4.90 Å². The van der Waals surface area contributed by atoms with Gasteiger partial charge in [-0.1, -0.05) is 59.2 Å². The fourth-order valence-electron chi connectivity index (χ4n) is 2.05. The van der Waals surface area contributed by atoms with Gasteiger partial charge in [0, 0.05) is 20.5 Å². The lowest BCUT2D eigenvalue weighted by Gasteiger charge is -2.15. The summed E-state index contributed by atoms with van der Waals surface area (Å²) in [6.45, 7) is 2.01. The van der Waals surface area contributed by atoms with Crippen molar-refractivity contribution in [2.75, 3.05) is 0 Å². The topological polar surface area (TPSA) is 12.4 Å². The zero-order valence-corrected chi connectivity index (χ0v) is 13.1. The van der Waals surface area contributed by atoms with Crippen molar-refractivity contribution in [3.8, 4) is 0 Å². The normalized spacial score (nSPS) is 15.9. The first-order chi connectivity index (χ1) is 9.63. The molecule has 0 spiro atoms. The molecular weight excluding hydrogens is 309 g/mol. The summed E-state index contributed by atoms with van der Waals surface area (Å²) >= 11 is 13.8. The number of rotatable bonds is 1. The third-order valence-electron chi connectivity index (χ3n) is 2.95. The average Bonchev–Trinajstić information content (AvgIpc) is 2.41. The predicted octanol–water partition coefficient (Wildman–Crippen LogP) is 6.02. The van der Waals surface area contributed by atoms with Gasteiger partial charge in [-0.25, -0.2) is 4.99 Å². The largest absolute Gasteiger partial charge is 0.246 e. The lowest BCUT2D eigenvalue weighted by atomic mass is 10.1. The number of aliphatic imine (C=N–C) groups is 1. The third-order valence-corrected chi connectivity index (χ3v) is 4.48. The maximum Gasteiger partial charge on any atom is 0.0755 e. The van der Waals surface area contributed by atoms with Crippen molar-refractivity contribution >= 4 is 51.8 Å². The van der Waals surface area contributed by atoms with E-state index < -0.39 is 0 Å². The van der Waals surface area contributed by atoms with E-state index in [0.29, 0.717) is 10.0 Å². The van der Waals surface area contributed by atoms with Crippen molar-refractivity contribution in [3.63, 3.8) is 0 Å². The molecule has 1 aliphatic rings. The standard InChI is InChI=1S/C16H11Cl2NS/c1-10-19-15(13-4-2-3-5-16(13)20-10)8-11-6-7-12(17)9-14(11)18/h2-9H,1H3/b15-8-. The smallest absolute Gasteiger partial charge is 0.0755 e. The van der Waals surface area contributed by atoms with Crippen LogP contribution in [-0.4, -0.2) is 5.04 Å². The quantitative estimate of drug-likeness (QED) is 0.626. The zero-order chi connectivity index (χ0) is 14.1. The highest BCUT2D eigenvalue weighted by atomic mass is 35.5. The molecule has 20 heavy (non-hydrogen) atoms. The number of halogens is 2. The Kier molecular flexibility index (Phi) is 3.88. The van der Waals surface area contributed by atoms with Gasteiger partial charge in [-0.05, 0) is 36.8 Å². The van der Waals surface area contributed by atoms with E-state index in [1.54, 1.807) is 17.8 Å². The molecule has 0 aromatic heterocycles. The number of hydrogen-bond donors (Lipinski definition) is 0. The maximum absolute atomic E-state index is 6.23. The van der Waals surface area contributed by atoms with Crippen molar-refractivity contribution in [1.29, 1.82) is 0 Å². The van der Waals surface area contributed by atoms with Gasteiger partial charge < -0.3 is 0 Å². The summed E-state index contributed by atoms with van der Waals surface area (Å²) in [7, 11) is 0. The van der Waals surface area contributed by atoms with Crippen LogP contribution in [0.15, 0.2) is 52.4 Å². The molecule has 0 amide bonds. The fourth-order valence-corrected chi connectivity index (χ4v) is 3.41. The van der Waals surface area contributed by atoms with Crippen LogP contribution in [0.1, 0.15) is 18.1 Å². The van der Waals surface area contributed by atoms with Crippen molar-refractivity contribution < 1.29 is 0 Å². The first-order valence-electron chi connectivity index (χ1n) is 6.13. The molecule has 1 nitrogen and oxygen atoms in total. The van der Waals surface area contributed by atoms with E-state index in [4.69, 9.17) is 23.2 Å². The second-order valence-electron chi connectivity index (χ2n) is 4.42. The van der Waals surface area contributed by atoms with Crippen LogP contribution in [0, 0.1) is 0 Å². The predicted molar refractivity (Wildman–Crippen MR) is 89.7 cm³/mol. The molecule has 4 heteroatoms. The molecule has 0 bridgehead atoms. The summed E-state index contributed by atoms with van der Waals surface area (Å²) in [5.41, 5.74) is 2.99. The zero-order valence-electron chi connectivity index (χ0n) is 10.7. The van der Waals surface area contributed by atoms with Gasteiger partial charge in [0.15, 0.2) is 0 Å². The molecular formula is C16H11Cl2NS. The monoisotopic (exact) mass is 319 g/mol. The fraction of sp³-hybridized carbons (Fsp3) is 0.0625. The van der Waals surface area contributed by atoms with E-state index >= 15 is 0 Å². The van der Waals surface area contributed by atoms with Crippen molar-refractivity contribution in [3.05, 3.63) is 63.6 Å². The summed E-state index contributed by atoms with van der Waals surface area (Å²) in [5, 5.41) is 2.30. The van der Waals surface area contributed by atoms with E-state index in [2.05, 4.69) is 17.1 Å². The van der Waals surface area contributed by atoms with Gasteiger partial charge in [-0.15, -0.1) is 0 Å². The summed E-state index contributed by atoms with van der Waals surface area (Å²) in [6.07, 6.45) is 2.00. The van der Waals surface area contributed by atoms with Crippen LogP contribution in [0.2, 0.25) is 10.0 Å². The van der Waals surface area contributed by atoms with Gasteiger partial charge in [0.1, 0.15) is 0 Å². The molecule has 0 saturated heterocycles. The van der Waals surface area contributed by atoms with Gasteiger partial charge in [0.05, 0.1) is 10.7 Å². The molecule has 0 radical (unpaired) electrons. The summed E-state index contributed by atoms with van der Waals surface area (Å²) < 4.78 is 0. The Morgan fingerprint density at radius 2 is 1.90 bits per heavy atom. The number of hydrogen-bond acceptors (Lipinski definition) is 2. The molecule has 3 rings (SSSR count). The minimum atomic E-state index is 0.633. The molecule has 2 aromatic carbocycles. The average molecular weight is 320 g/mol. The molecule has 0 atom stereocenters. The van der Waals surface area contributed by atoms with Gasteiger partial charge in [0.25, 0.3) is 0 Å². The van der Waals surface area contributed by atoms with Crippen LogP contribution in [-0.2, 0) is 0 Å². The summed E-state index contributed by atoms with van der Waals surface area (Å²) in [4.78, 5) is 5.85. The van der Waals surface area contributed by atoms with Gasteiger partial charge in [0.2, 0.25) is 0 Å². The number of fused-ring (bicyclic) bond motifs is 1. The Bertz CT molecular complexity index is 735. The molecule has 1 aliphatic heterocycles.